The van der Waals surface area contributed by atoms with Crippen molar-refractivity contribution >= 4 is 33.0 Å². The van der Waals surface area contributed by atoms with Gasteiger partial charge in [-0.2, -0.15) is 0 Å². The van der Waals surface area contributed by atoms with E-state index in [1.807, 2.05) is 6.07 Å². The zero-order valence-corrected chi connectivity index (χ0v) is 14.1. The van der Waals surface area contributed by atoms with Crippen molar-refractivity contribution in [2.45, 2.75) is 13.0 Å². The van der Waals surface area contributed by atoms with Gasteiger partial charge in [0.25, 0.3) is 0 Å². The lowest BCUT2D eigenvalue weighted by atomic mass is 10.1. The second-order valence-corrected chi connectivity index (χ2v) is 7.45. The number of rotatable bonds is 4. The summed E-state index contributed by atoms with van der Waals surface area (Å²) in [5.41, 5.74) is 3.64. The summed E-state index contributed by atoms with van der Waals surface area (Å²) in [6.07, 6.45) is 0. The van der Waals surface area contributed by atoms with Gasteiger partial charge in [-0.1, -0.05) is 42.5 Å². The van der Waals surface area contributed by atoms with Crippen LogP contribution >= 0.6 is 27.3 Å². The highest BCUT2D eigenvalue weighted by molar-refractivity contribution is 9.11. The van der Waals surface area contributed by atoms with Gasteiger partial charge in [-0.05, 0) is 58.2 Å². The molecule has 1 unspecified atom stereocenters. The molecule has 1 N–H and O–H groups in total. The normalized spacial score (nSPS) is 12.1. The predicted molar refractivity (Wildman–Crippen MR) is 95.9 cm³/mol. The van der Waals surface area contributed by atoms with Crippen LogP contribution in [0.5, 0.6) is 0 Å². The lowest BCUT2D eigenvalue weighted by Gasteiger charge is -2.14. The molecule has 1 aromatic heterocycles. The molecule has 0 aliphatic rings. The first-order valence-electron chi connectivity index (χ1n) is 6.89. The summed E-state index contributed by atoms with van der Waals surface area (Å²) in [5.74, 6) is 0. The average Bonchev–Trinajstić information content (AvgIpc) is 2.96. The van der Waals surface area contributed by atoms with Gasteiger partial charge in [0.2, 0.25) is 0 Å². The van der Waals surface area contributed by atoms with Crippen LogP contribution in [-0.2, 0) is 0 Å². The molecule has 1 heterocycles. The molecule has 0 fully saturated rings. The molecule has 0 spiro atoms. The molecule has 1 nitrogen and oxygen atoms in total. The topological polar surface area (TPSA) is 12.0 Å². The zero-order valence-electron chi connectivity index (χ0n) is 11.7. The zero-order chi connectivity index (χ0) is 14.7. The molecule has 0 aliphatic heterocycles. The molecule has 3 rings (SSSR count). The van der Waals surface area contributed by atoms with Crippen LogP contribution in [0.15, 0.2) is 70.5 Å². The molecule has 0 amide bonds. The molecule has 0 saturated heterocycles. The van der Waals surface area contributed by atoms with Gasteiger partial charge < -0.3 is 5.32 Å². The molecular weight excluding hydrogens is 342 g/mol. The van der Waals surface area contributed by atoms with E-state index in [-0.39, 0.29) is 0 Å². The Balaban J connectivity index is 1.73. The number of hydrogen-bond donors (Lipinski definition) is 1. The van der Waals surface area contributed by atoms with Gasteiger partial charge >= 0.3 is 0 Å². The van der Waals surface area contributed by atoms with Crippen LogP contribution in [0, 0.1) is 0 Å². The van der Waals surface area contributed by atoms with Crippen LogP contribution in [0.1, 0.15) is 17.8 Å². The van der Waals surface area contributed by atoms with E-state index in [1.165, 1.54) is 19.8 Å². The number of benzene rings is 2. The molecule has 2 aromatic carbocycles. The quantitative estimate of drug-likeness (QED) is 0.573. The third kappa shape index (κ3) is 3.55. The van der Waals surface area contributed by atoms with Gasteiger partial charge in [0, 0.05) is 10.6 Å². The number of anilines is 1. The van der Waals surface area contributed by atoms with Crippen molar-refractivity contribution in [3.8, 4) is 11.1 Å². The van der Waals surface area contributed by atoms with Crippen molar-refractivity contribution in [2.24, 2.45) is 0 Å². The van der Waals surface area contributed by atoms with Gasteiger partial charge in [0.1, 0.15) is 0 Å². The highest BCUT2D eigenvalue weighted by Gasteiger charge is 2.08. The van der Waals surface area contributed by atoms with Gasteiger partial charge in [-0.25, -0.2) is 0 Å². The first-order chi connectivity index (χ1) is 10.2. The van der Waals surface area contributed by atoms with Crippen molar-refractivity contribution in [3.05, 3.63) is 75.4 Å². The minimum Gasteiger partial charge on any atom is -0.378 e. The van der Waals surface area contributed by atoms with Gasteiger partial charge in [-0.15, -0.1) is 11.3 Å². The maximum absolute atomic E-state index is 3.54. The van der Waals surface area contributed by atoms with Crippen LogP contribution < -0.4 is 5.32 Å². The smallest absolute Gasteiger partial charge is 0.0702 e. The molecule has 0 bridgehead atoms. The summed E-state index contributed by atoms with van der Waals surface area (Å²) in [6.45, 7) is 2.18. The average molecular weight is 358 g/mol. The molecule has 0 saturated carbocycles. The molecule has 3 aromatic rings. The van der Waals surface area contributed by atoms with E-state index in [0.717, 1.165) is 5.69 Å². The molecule has 0 aliphatic carbocycles. The monoisotopic (exact) mass is 357 g/mol. The molecule has 21 heavy (non-hydrogen) atoms. The SMILES string of the molecule is CC(Nc1ccc(-c2ccccc2)cc1)c1ccc(Br)s1. The fourth-order valence-corrected chi connectivity index (χ4v) is 3.70. The van der Waals surface area contributed by atoms with E-state index in [1.54, 1.807) is 11.3 Å². The summed E-state index contributed by atoms with van der Waals surface area (Å²) < 4.78 is 1.17. The van der Waals surface area contributed by atoms with E-state index in [0.29, 0.717) is 6.04 Å². The lowest BCUT2D eigenvalue weighted by Crippen LogP contribution is -2.04. The number of hydrogen-bond acceptors (Lipinski definition) is 2. The van der Waals surface area contributed by atoms with Crippen molar-refractivity contribution < 1.29 is 0 Å². The molecule has 0 radical (unpaired) electrons. The Morgan fingerprint density at radius 1 is 0.857 bits per heavy atom. The molecule has 3 heteroatoms. The van der Waals surface area contributed by atoms with E-state index in [4.69, 9.17) is 0 Å². The second kappa shape index (κ2) is 6.46. The summed E-state index contributed by atoms with van der Waals surface area (Å²) in [7, 11) is 0. The van der Waals surface area contributed by atoms with Gasteiger partial charge in [0.05, 0.1) is 9.83 Å². The second-order valence-electron chi connectivity index (χ2n) is 4.95. The van der Waals surface area contributed by atoms with Crippen molar-refractivity contribution in [1.82, 2.24) is 0 Å². The summed E-state index contributed by atoms with van der Waals surface area (Å²) >= 11 is 5.28. The maximum Gasteiger partial charge on any atom is 0.0702 e. The first kappa shape index (κ1) is 14.4. The Bertz CT molecular complexity index is 704. The van der Waals surface area contributed by atoms with E-state index in [2.05, 4.69) is 88.8 Å². The van der Waals surface area contributed by atoms with E-state index < -0.39 is 0 Å². The Kier molecular flexibility index (Phi) is 4.42. The van der Waals surface area contributed by atoms with Crippen LogP contribution in [-0.4, -0.2) is 0 Å². The fraction of sp³-hybridized carbons (Fsp3) is 0.111. The Hall–Kier alpha value is -1.58. The Morgan fingerprint density at radius 2 is 1.52 bits per heavy atom. The first-order valence-corrected chi connectivity index (χ1v) is 8.50. The van der Waals surface area contributed by atoms with E-state index in [9.17, 15) is 0 Å². The van der Waals surface area contributed by atoms with E-state index >= 15 is 0 Å². The largest absolute Gasteiger partial charge is 0.378 e. The van der Waals surface area contributed by atoms with Crippen molar-refractivity contribution in [2.75, 3.05) is 5.32 Å². The summed E-state index contributed by atoms with van der Waals surface area (Å²) in [5, 5.41) is 3.54. The molecule has 106 valence electrons. The van der Waals surface area contributed by atoms with Crippen LogP contribution in [0.2, 0.25) is 0 Å². The number of halogens is 1. The number of nitrogens with one attached hydrogen (secondary N) is 1. The van der Waals surface area contributed by atoms with Crippen molar-refractivity contribution in [3.63, 3.8) is 0 Å². The minimum absolute atomic E-state index is 0.309. The standard InChI is InChI=1S/C18H16BrNS/c1-13(17-11-12-18(19)21-17)20-16-9-7-15(8-10-16)14-5-3-2-4-6-14/h2-13,20H,1H3. The minimum atomic E-state index is 0.309. The van der Waals surface area contributed by atoms with Gasteiger partial charge in [0.15, 0.2) is 0 Å². The fourth-order valence-electron chi connectivity index (χ4n) is 2.27. The highest BCUT2D eigenvalue weighted by atomic mass is 79.9. The van der Waals surface area contributed by atoms with Crippen LogP contribution in [0.3, 0.4) is 0 Å². The van der Waals surface area contributed by atoms with Crippen LogP contribution in [0.25, 0.3) is 11.1 Å². The predicted octanol–water partition coefficient (Wildman–Crippen LogP) is 6.35. The maximum atomic E-state index is 3.54. The third-order valence-electron chi connectivity index (χ3n) is 3.40. The Morgan fingerprint density at radius 3 is 2.14 bits per heavy atom. The molecule has 1 atom stereocenters. The number of thiophene rings is 1. The summed E-state index contributed by atoms with van der Waals surface area (Å²) in [4.78, 5) is 1.33. The molecular formula is C18H16BrNS. The summed E-state index contributed by atoms with van der Waals surface area (Å²) in [6, 6.07) is 23.6. The van der Waals surface area contributed by atoms with Crippen LogP contribution in [0.4, 0.5) is 5.69 Å². The highest BCUT2D eigenvalue weighted by Crippen LogP contribution is 2.30. The third-order valence-corrected chi connectivity index (χ3v) is 5.20. The van der Waals surface area contributed by atoms with Crippen molar-refractivity contribution in [1.29, 1.82) is 0 Å². The van der Waals surface area contributed by atoms with Gasteiger partial charge in [-0.3, -0.25) is 0 Å². The Labute approximate surface area is 137 Å². The lowest BCUT2D eigenvalue weighted by molar-refractivity contribution is 0.908.